The Bertz CT molecular complexity index is 612. The van der Waals surface area contributed by atoms with Gasteiger partial charge in [0.1, 0.15) is 29.9 Å². The average molecular weight is 271 g/mol. The van der Waals surface area contributed by atoms with E-state index < -0.39 is 0 Å². The van der Waals surface area contributed by atoms with Crippen molar-refractivity contribution < 1.29 is 14.6 Å². The molecule has 0 fully saturated rings. The summed E-state index contributed by atoms with van der Waals surface area (Å²) in [5, 5.41) is 9.56. The lowest BCUT2D eigenvalue weighted by atomic mass is 9.98. The summed E-state index contributed by atoms with van der Waals surface area (Å²) in [6, 6.07) is 13.2. The first-order chi connectivity index (χ1) is 9.75. The Balaban J connectivity index is 1.75. The molecule has 0 amide bonds. The van der Waals surface area contributed by atoms with E-state index in [0.717, 1.165) is 12.0 Å². The number of aromatic hydroxyl groups is 1. The molecular weight excluding hydrogens is 254 g/mol. The summed E-state index contributed by atoms with van der Waals surface area (Å²) in [4.78, 5) is 0. The smallest absolute Gasteiger partial charge is 0.146 e. The number of anilines is 1. The molecule has 0 aromatic heterocycles. The third-order valence-corrected chi connectivity index (χ3v) is 3.53. The van der Waals surface area contributed by atoms with Crippen molar-refractivity contribution in [3.63, 3.8) is 0 Å². The first kappa shape index (κ1) is 12.8. The molecule has 3 N–H and O–H groups in total. The van der Waals surface area contributed by atoms with Gasteiger partial charge in [0.25, 0.3) is 0 Å². The van der Waals surface area contributed by atoms with E-state index in [1.165, 1.54) is 11.6 Å². The van der Waals surface area contributed by atoms with Crippen molar-refractivity contribution in [2.45, 2.75) is 12.5 Å². The zero-order valence-corrected chi connectivity index (χ0v) is 11.1. The van der Waals surface area contributed by atoms with Crippen molar-refractivity contribution in [2.75, 3.05) is 18.9 Å². The Labute approximate surface area is 117 Å². The minimum Gasteiger partial charge on any atom is -0.506 e. The topological polar surface area (TPSA) is 64.7 Å². The van der Waals surface area contributed by atoms with Crippen molar-refractivity contribution >= 4 is 5.69 Å². The number of fused-ring (bicyclic) bond motifs is 1. The fraction of sp³-hybridized carbons (Fsp3) is 0.250. The highest BCUT2D eigenvalue weighted by Gasteiger charge is 2.21. The molecule has 0 saturated heterocycles. The fourth-order valence-electron chi connectivity index (χ4n) is 2.44. The van der Waals surface area contributed by atoms with Gasteiger partial charge in [-0.05, 0) is 29.7 Å². The Hall–Kier alpha value is -2.20. The summed E-state index contributed by atoms with van der Waals surface area (Å²) in [5.41, 5.74) is 8.50. The normalized spacial score (nSPS) is 17.5. The van der Waals surface area contributed by atoms with E-state index in [1.54, 1.807) is 12.1 Å². The summed E-state index contributed by atoms with van der Waals surface area (Å²) in [6.07, 6.45) is 0.836. The molecule has 1 aliphatic rings. The number of nitrogen functional groups attached to an aromatic ring is 1. The highest BCUT2D eigenvalue weighted by Crippen LogP contribution is 2.32. The summed E-state index contributed by atoms with van der Waals surface area (Å²) < 4.78 is 11.5. The second-order valence-electron chi connectivity index (χ2n) is 4.81. The van der Waals surface area contributed by atoms with Gasteiger partial charge in [-0.15, -0.1) is 0 Å². The highest BCUT2D eigenvalue weighted by atomic mass is 16.5. The van der Waals surface area contributed by atoms with Gasteiger partial charge in [0, 0.05) is 0 Å². The van der Waals surface area contributed by atoms with Gasteiger partial charge >= 0.3 is 0 Å². The molecule has 4 nitrogen and oxygen atoms in total. The van der Waals surface area contributed by atoms with E-state index in [-0.39, 0.29) is 17.5 Å². The molecular formula is C16H17NO3. The molecule has 104 valence electrons. The van der Waals surface area contributed by atoms with Crippen LogP contribution in [0, 0.1) is 0 Å². The number of rotatable bonds is 3. The van der Waals surface area contributed by atoms with Crippen LogP contribution in [0.25, 0.3) is 0 Å². The number of ether oxygens (including phenoxy) is 2. The molecule has 1 unspecified atom stereocenters. The monoisotopic (exact) mass is 271 g/mol. The Kier molecular flexibility index (Phi) is 3.48. The number of hydrogen-bond donors (Lipinski definition) is 2. The number of nitrogens with two attached hydrogens (primary N) is 1. The Morgan fingerprint density at radius 3 is 2.95 bits per heavy atom. The standard InChI is InChI=1S/C16H17NO3/c17-16-13(18)6-3-7-14(16)20-10-15-12-5-2-1-4-11(12)8-9-19-15/h1-7,15,18H,8-10,17H2. The lowest BCUT2D eigenvalue weighted by Crippen LogP contribution is -2.21. The third kappa shape index (κ3) is 2.42. The number of para-hydroxylation sites is 1. The zero-order valence-electron chi connectivity index (χ0n) is 11.1. The predicted molar refractivity (Wildman–Crippen MR) is 76.9 cm³/mol. The van der Waals surface area contributed by atoms with Crippen molar-refractivity contribution in [1.82, 2.24) is 0 Å². The maximum Gasteiger partial charge on any atom is 0.146 e. The Morgan fingerprint density at radius 1 is 1.20 bits per heavy atom. The van der Waals surface area contributed by atoms with Gasteiger partial charge in [-0.1, -0.05) is 30.3 Å². The average Bonchev–Trinajstić information content (AvgIpc) is 2.49. The lowest BCUT2D eigenvalue weighted by Gasteiger charge is -2.26. The quantitative estimate of drug-likeness (QED) is 0.665. The number of benzene rings is 2. The van der Waals surface area contributed by atoms with Crippen LogP contribution in [0.3, 0.4) is 0 Å². The van der Waals surface area contributed by atoms with Gasteiger partial charge < -0.3 is 20.3 Å². The Morgan fingerprint density at radius 2 is 2.05 bits per heavy atom. The lowest BCUT2D eigenvalue weighted by molar-refractivity contribution is 0.0103. The second kappa shape index (κ2) is 5.43. The number of hydrogen-bond acceptors (Lipinski definition) is 4. The van der Waals surface area contributed by atoms with E-state index in [9.17, 15) is 5.11 Å². The van der Waals surface area contributed by atoms with Gasteiger partial charge in [-0.2, -0.15) is 0 Å². The van der Waals surface area contributed by atoms with Crippen molar-refractivity contribution in [3.8, 4) is 11.5 Å². The minimum absolute atomic E-state index is 0.0347. The van der Waals surface area contributed by atoms with Gasteiger partial charge in [-0.3, -0.25) is 0 Å². The van der Waals surface area contributed by atoms with E-state index in [2.05, 4.69) is 12.1 Å². The van der Waals surface area contributed by atoms with Crippen LogP contribution in [-0.4, -0.2) is 18.3 Å². The van der Waals surface area contributed by atoms with E-state index >= 15 is 0 Å². The van der Waals surface area contributed by atoms with E-state index in [4.69, 9.17) is 15.2 Å². The molecule has 1 aliphatic heterocycles. The first-order valence-corrected chi connectivity index (χ1v) is 6.65. The summed E-state index contributed by atoms with van der Waals surface area (Å²) >= 11 is 0. The molecule has 2 aromatic carbocycles. The van der Waals surface area contributed by atoms with Crippen LogP contribution in [0.15, 0.2) is 42.5 Å². The maximum atomic E-state index is 9.56. The maximum absolute atomic E-state index is 9.56. The molecule has 0 spiro atoms. The summed E-state index contributed by atoms with van der Waals surface area (Å²) in [5.74, 6) is 0.518. The van der Waals surface area contributed by atoms with Crippen LogP contribution >= 0.6 is 0 Å². The van der Waals surface area contributed by atoms with E-state index in [0.29, 0.717) is 19.0 Å². The molecule has 0 saturated carbocycles. The second-order valence-corrected chi connectivity index (χ2v) is 4.81. The first-order valence-electron chi connectivity index (χ1n) is 6.65. The van der Waals surface area contributed by atoms with Gasteiger partial charge in [0.2, 0.25) is 0 Å². The SMILES string of the molecule is Nc1c(O)cccc1OCC1OCCc2ccccc21. The predicted octanol–water partition coefficient (Wildman–Crippen LogP) is 2.67. The number of phenols is 1. The molecule has 0 radical (unpaired) electrons. The number of phenolic OH excluding ortho intramolecular Hbond substituents is 1. The zero-order chi connectivity index (χ0) is 13.9. The van der Waals surface area contributed by atoms with Gasteiger partial charge in [0.15, 0.2) is 0 Å². The summed E-state index contributed by atoms with van der Waals surface area (Å²) in [7, 11) is 0. The van der Waals surface area contributed by atoms with Gasteiger partial charge in [0.05, 0.1) is 6.61 Å². The van der Waals surface area contributed by atoms with Gasteiger partial charge in [-0.25, -0.2) is 0 Å². The van der Waals surface area contributed by atoms with Crippen LogP contribution < -0.4 is 10.5 Å². The molecule has 0 aliphatic carbocycles. The van der Waals surface area contributed by atoms with Crippen LogP contribution in [0.4, 0.5) is 5.69 Å². The third-order valence-electron chi connectivity index (χ3n) is 3.53. The van der Waals surface area contributed by atoms with Crippen LogP contribution in [0.5, 0.6) is 11.5 Å². The largest absolute Gasteiger partial charge is 0.506 e. The summed E-state index contributed by atoms with van der Waals surface area (Å²) in [6.45, 7) is 1.07. The molecule has 3 rings (SSSR count). The molecule has 1 heterocycles. The van der Waals surface area contributed by atoms with Crippen molar-refractivity contribution in [3.05, 3.63) is 53.6 Å². The van der Waals surface area contributed by atoms with Crippen LogP contribution in [0.2, 0.25) is 0 Å². The molecule has 20 heavy (non-hydrogen) atoms. The molecule has 2 aromatic rings. The molecule has 4 heteroatoms. The van der Waals surface area contributed by atoms with Crippen LogP contribution in [-0.2, 0) is 11.2 Å². The fourth-order valence-corrected chi connectivity index (χ4v) is 2.44. The highest BCUT2D eigenvalue weighted by molar-refractivity contribution is 5.61. The molecule has 0 bridgehead atoms. The van der Waals surface area contributed by atoms with E-state index in [1.807, 2.05) is 12.1 Å². The van der Waals surface area contributed by atoms with Crippen LogP contribution in [0.1, 0.15) is 17.2 Å². The van der Waals surface area contributed by atoms with Crippen molar-refractivity contribution in [1.29, 1.82) is 0 Å². The minimum atomic E-state index is -0.0956. The molecule has 1 atom stereocenters. The van der Waals surface area contributed by atoms with Crippen molar-refractivity contribution in [2.24, 2.45) is 0 Å².